The zero-order valence-electron chi connectivity index (χ0n) is 12.3. The van der Waals surface area contributed by atoms with Gasteiger partial charge in [-0.2, -0.15) is 0 Å². The zero-order chi connectivity index (χ0) is 13.8. The second-order valence-corrected chi connectivity index (χ2v) is 6.55. The Bertz CT molecular complexity index is 263. The van der Waals surface area contributed by atoms with Crippen LogP contribution in [-0.4, -0.2) is 40.6 Å². The Morgan fingerprint density at radius 1 is 1.05 bits per heavy atom. The number of allylic oxidation sites excluding steroid dienone is 1. The van der Waals surface area contributed by atoms with Crippen LogP contribution in [0.1, 0.15) is 51.9 Å². The fourth-order valence-corrected chi connectivity index (χ4v) is 3.23. The molecule has 0 amide bonds. The lowest BCUT2D eigenvalue weighted by molar-refractivity contribution is 0.0753. The molecule has 0 bridgehead atoms. The van der Waals surface area contributed by atoms with Gasteiger partial charge >= 0.3 is 0 Å². The molecule has 1 aliphatic heterocycles. The molecule has 0 aromatic rings. The van der Waals surface area contributed by atoms with Crippen molar-refractivity contribution in [3.8, 4) is 0 Å². The summed E-state index contributed by atoms with van der Waals surface area (Å²) in [4.78, 5) is 0. The van der Waals surface area contributed by atoms with Crippen molar-refractivity contribution >= 4 is 11.0 Å². The lowest BCUT2D eigenvalue weighted by atomic mass is 10.1. The summed E-state index contributed by atoms with van der Waals surface area (Å²) >= 11 is 0. The summed E-state index contributed by atoms with van der Waals surface area (Å²) in [6.07, 6.45) is 13.4. The fraction of sp³-hybridized carbons (Fsp3) is 0.867. The van der Waals surface area contributed by atoms with Gasteiger partial charge in [0, 0.05) is 13.1 Å². The molecular weight excluding hydrogens is 258 g/mol. The van der Waals surface area contributed by atoms with Crippen molar-refractivity contribution < 1.29 is 8.95 Å². The van der Waals surface area contributed by atoms with Gasteiger partial charge in [-0.1, -0.05) is 51.2 Å². The quantitative estimate of drug-likeness (QED) is 0.456. The number of unbranched alkanes of at least 4 members (excludes halogenated alkanes) is 6. The summed E-state index contributed by atoms with van der Waals surface area (Å²) in [5, 5.41) is 0. The highest BCUT2D eigenvalue weighted by molar-refractivity contribution is 7.82. The molecule has 1 fully saturated rings. The van der Waals surface area contributed by atoms with Crippen LogP contribution in [0.4, 0.5) is 0 Å². The molecule has 0 aliphatic carbocycles. The molecule has 1 heterocycles. The maximum absolute atomic E-state index is 11.9. The Kier molecular flexibility index (Phi) is 10.3. The molecule has 112 valence electrons. The smallest absolute Gasteiger partial charge is 0.0983 e. The summed E-state index contributed by atoms with van der Waals surface area (Å²) in [6, 6.07) is 0. The molecule has 0 radical (unpaired) electrons. The van der Waals surface area contributed by atoms with E-state index in [-0.39, 0.29) is 0 Å². The van der Waals surface area contributed by atoms with Crippen molar-refractivity contribution in [2.24, 2.45) is 0 Å². The van der Waals surface area contributed by atoms with Gasteiger partial charge < -0.3 is 4.74 Å². The maximum Gasteiger partial charge on any atom is 0.0983 e. The summed E-state index contributed by atoms with van der Waals surface area (Å²) in [6.45, 7) is 5.29. The molecule has 1 aliphatic rings. The molecule has 1 saturated heterocycles. The normalized spacial score (nSPS) is 19.0. The molecule has 1 unspecified atom stereocenters. The van der Waals surface area contributed by atoms with Crippen molar-refractivity contribution in [1.29, 1.82) is 0 Å². The van der Waals surface area contributed by atoms with E-state index in [1.165, 1.54) is 38.5 Å². The minimum absolute atomic E-state index is 0.663. The van der Waals surface area contributed by atoms with Gasteiger partial charge in [0.05, 0.1) is 30.0 Å². The highest BCUT2D eigenvalue weighted by Crippen LogP contribution is 2.07. The van der Waals surface area contributed by atoms with Gasteiger partial charge in [0.15, 0.2) is 0 Å². The van der Waals surface area contributed by atoms with E-state index in [1.807, 2.05) is 4.31 Å². The second-order valence-electron chi connectivity index (χ2n) is 5.06. The van der Waals surface area contributed by atoms with E-state index in [0.29, 0.717) is 19.0 Å². The minimum atomic E-state index is -0.851. The standard InChI is InChI=1S/C15H29NO2S/c1-2-3-4-5-6-7-8-9-10-15-19(17)16-11-13-18-14-12-16/h9-10H,2-8,11-15H2,1H3/b10-9+. The van der Waals surface area contributed by atoms with Crippen LogP contribution in [0.15, 0.2) is 12.2 Å². The first-order chi connectivity index (χ1) is 9.34. The Balaban J connectivity index is 1.95. The first kappa shape index (κ1) is 16.9. The van der Waals surface area contributed by atoms with Crippen molar-refractivity contribution in [3.05, 3.63) is 12.2 Å². The van der Waals surface area contributed by atoms with Gasteiger partial charge in [-0.25, -0.2) is 8.51 Å². The Morgan fingerprint density at radius 3 is 2.47 bits per heavy atom. The van der Waals surface area contributed by atoms with Gasteiger partial charge in [-0.3, -0.25) is 0 Å². The predicted octanol–water partition coefficient (Wildman–Crippen LogP) is 3.29. The second kappa shape index (κ2) is 11.6. The van der Waals surface area contributed by atoms with Crippen LogP contribution in [0.25, 0.3) is 0 Å². The molecule has 0 N–H and O–H groups in total. The van der Waals surface area contributed by atoms with Crippen LogP contribution >= 0.6 is 0 Å². The molecule has 0 aromatic carbocycles. The number of ether oxygens (including phenoxy) is 1. The molecule has 0 spiro atoms. The molecule has 1 rings (SSSR count). The van der Waals surface area contributed by atoms with E-state index < -0.39 is 11.0 Å². The lowest BCUT2D eigenvalue weighted by Gasteiger charge is -2.24. The first-order valence-corrected chi connectivity index (χ1v) is 8.98. The average molecular weight is 287 g/mol. The van der Waals surface area contributed by atoms with Crippen LogP contribution in [-0.2, 0) is 15.7 Å². The topological polar surface area (TPSA) is 29.5 Å². The van der Waals surface area contributed by atoms with E-state index in [0.717, 1.165) is 19.5 Å². The third-order valence-electron chi connectivity index (χ3n) is 3.39. The zero-order valence-corrected chi connectivity index (χ0v) is 13.1. The number of hydrogen-bond donors (Lipinski definition) is 0. The minimum Gasteiger partial charge on any atom is -0.379 e. The van der Waals surface area contributed by atoms with Crippen LogP contribution in [0.3, 0.4) is 0 Å². The fourth-order valence-electron chi connectivity index (χ4n) is 2.17. The Morgan fingerprint density at radius 2 is 1.74 bits per heavy atom. The van der Waals surface area contributed by atoms with Crippen LogP contribution in [0, 0.1) is 0 Å². The largest absolute Gasteiger partial charge is 0.379 e. The van der Waals surface area contributed by atoms with Crippen LogP contribution in [0.5, 0.6) is 0 Å². The first-order valence-electron chi connectivity index (χ1n) is 7.70. The average Bonchev–Trinajstić information content (AvgIpc) is 2.46. The number of hydrogen-bond acceptors (Lipinski definition) is 2. The molecule has 0 saturated carbocycles. The molecule has 0 aromatic heterocycles. The molecular formula is C15H29NO2S. The van der Waals surface area contributed by atoms with Crippen LogP contribution < -0.4 is 0 Å². The van der Waals surface area contributed by atoms with Gasteiger partial charge in [0.25, 0.3) is 0 Å². The number of rotatable bonds is 10. The highest BCUT2D eigenvalue weighted by atomic mass is 32.2. The van der Waals surface area contributed by atoms with Crippen molar-refractivity contribution in [2.75, 3.05) is 32.1 Å². The monoisotopic (exact) mass is 287 g/mol. The molecule has 4 heteroatoms. The van der Waals surface area contributed by atoms with Crippen molar-refractivity contribution in [1.82, 2.24) is 4.31 Å². The highest BCUT2D eigenvalue weighted by Gasteiger charge is 2.14. The summed E-state index contributed by atoms with van der Waals surface area (Å²) < 4.78 is 19.2. The molecule has 19 heavy (non-hydrogen) atoms. The van der Waals surface area contributed by atoms with E-state index in [2.05, 4.69) is 19.1 Å². The van der Waals surface area contributed by atoms with Crippen molar-refractivity contribution in [3.63, 3.8) is 0 Å². The van der Waals surface area contributed by atoms with Crippen LogP contribution in [0.2, 0.25) is 0 Å². The molecule has 3 nitrogen and oxygen atoms in total. The summed E-state index contributed by atoms with van der Waals surface area (Å²) in [7, 11) is -0.851. The SMILES string of the molecule is CCCCCCCC/C=C/CS(=O)N1CCOCC1. The lowest BCUT2D eigenvalue weighted by Crippen LogP contribution is -2.38. The number of nitrogens with zero attached hydrogens (tertiary/aromatic N) is 1. The van der Waals surface area contributed by atoms with E-state index in [9.17, 15) is 4.21 Å². The van der Waals surface area contributed by atoms with Gasteiger partial charge in [0.1, 0.15) is 0 Å². The third kappa shape index (κ3) is 8.56. The van der Waals surface area contributed by atoms with E-state index in [1.54, 1.807) is 0 Å². The van der Waals surface area contributed by atoms with Crippen molar-refractivity contribution in [2.45, 2.75) is 51.9 Å². The van der Waals surface area contributed by atoms with Gasteiger partial charge in [-0.05, 0) is 12.8 Å². The molecule has 1 atom stereocenters. The maximum atomic E-state index is 11.9. The van der Waals surface area contributed by atoms with Gasteiger partial charge in [-0.15, -0.1) is 0 Å². The Labute approximate surface area is 121 Å². The summed E-state index contributed by atoms with van der Waals surface area (Å²) in [5.41, 5.74) is 0. The third-order valence-corrected chi connectivity index (χ3v) is 4.81. The van der Waals surface area contributed by atoms with E-state index >= 15 is 0 Å². The van der Waals surface area contributed by atoms with Gasteiger partial charge in [0.2, 0.25) is 0 Å². The predicted molar refractivity (Wildman–Crippen MR) is 82.5 cm³/mol. The summed E-state index contributed by atoms with van der Waals surface area (Å²) in [5.74, 6) is 0.663. The number of morpholine rings is 1. The van der Waals surface area contributed by atoms with E-state index in [4.69, 9.17) is 4.74 Å². The Hall–Kier alpha value is -0.190.